The molecule has 132 valence electrons. The van der Waals surface area contributed by atoms with Gasteiger partial charge in [-0.3, -0.25) is 10.00 Å². The monoisotopic (exact) mass is 380 g/mol. The summed E-state index contributed by atoms with van der Waals surface area (Å²) in [7, 11) is 2.07. The van der Waals surface area contributed by atoms with Crippen molar-refractivity contribution in [3.63, 3.8) is 0 Å². The lowest BCUT2D eigenvalue weighted by molar-refractivity contribution is 0.190. The summed E-state index contributed by atoms with van der Waals surface area (Å²) in [5, 5.41) is 15.4. The number of nitrogens with zero attached hydrogens (tertiary/aromatic N) is 4. The molecule has 2 N–H and O–H groups in total. The van der Waals surface area contributed by atoms with Gasteiger partial charge in [-0.25, -0.2) is 0 Å². The minimum atomic E-state index is 0. The van der Waals surface area contributed by atoms with Gasteiger partial charge in [-0.15, -0.1) is 12.4 Å². The second-order valence-electron chi connectivity index (χ2n) is 5.83. The van der Waals surface area contributed by atoms with Crippen molar-refractivity contribution < 1.29 is 4.52 Å². The maximum atomic E-state index is 5.92. The van der Waals surface area contributed by atoms with Crippen molar-refractivity contribution in [3.8, 4) is 22.8 Å². The summed E-state index contributed by atoms with van der Waals surface area (Å²) in [6, 6.07) is 9.52. The summed E-state index contributed by atoms with van der Waals surface area (Å²) < 4.78 is 5.41. The van der Waals surface area contributed by atoms with Crippen LogP contribution in [0.15, 0.2) is 34.9 Å². The zero-order valence-electron chi connectivity index (χ0n) is 13.6. The molecule has 25 heavy (non-hydrogen) atoms. The number of aromatic nitrogens is 4. The van der Waals surface area contributed by atoms with Crippen LogP contribution >= 0.6 is 24.0 Å². The van der Waals surface area contributed by atoms with Gasteiger partial charge in [0, 0.05) is 30.2 Å². The van der Waals surface area contributed by atoms with E-state index in [9.17, 15) is 0 Å². The van der Waals surface area contributed by atoms with Crippen molar-refractivity contribution in [1.82, 2.24) is 30.6 Å². The Morgan fingerprint density at radius 3 is 2.84 bits per heavy atom. The largest absolute Gasteiger partial charge is 0.332 e. The molecule has 7 nitrogen and oxygen atoms in total. The Morgan fingerprint density at radius 2 is 2.08 bits per heavy atom. The van der Waals surface area contributed by atoms with Gasteiger partial charge in [-0.2, -0.15) is 10.1 Å². The maximum Gasteiger partial charge on any atom is 0.276 e. The predicted molar refractivity (Wildman–Crippen MR) is 97.8 cm³/mol. The van der Waals surface area contributed by atoms with E-state index < -0.39 is 0 Å². The summed E-state index contributed by atoms with van der Waals surface area (Å²) in [6.45, 7) is 2.75. The Morgan fingerprint density at radius 1 is 1.28 bits per heavy atom. The van der Waals surface area contributed by atoms with Crippen LogP contribution < -0.4 is 5.32 Å². The molecule has 4 rings (SSSR count). The van der Waals surface area contributed by atoms with E-state index in [-0.39, 0.29) is 18.4 Å². The fourth-order valence-corrected chi connectivity index (χ4v) is 2.90. The fraction of sp³-hybridized carbons (Fsp3) is 0.312. The van der Waals surface area contributed by atoms with Crippen molar-refractivity contribution in [1.29, 1.82) is 0 Å². The molecular formula is C16H18Cl2N6O. The molecule has 0 saturated carbocycles. The lowest BCUT2D eigenvalue weighted by Crippen LogP contribution is -2.44. The molecule has 1 aromatic carbocycles. The molecular weight excluding hydrogens is 363 g/mol. The molecule has 1 atom stereocenters. The van der Waals surface area contributed by atoms with E-state index in [1.54, 1.807) is 0 Å². The highest BCUT2D eigenvalue weighted by atomic mass is 35.5. The van der Waals surface area contributed by atoms with E-state index in [1.165, 1.54) is 0 Å². The van der Waals surface area contributed by atoms with Crippen LogP contribution in [0.1, 0.15) is 11.9 Å². The molecule has 2 aromatic heterocycles. The average Bonchev–Trinajstić information content (AvgIpc) is 3.25. The zero-order chi connectivity index (χ0) is 16.5. The average molecular weight is 381 g/mol. The Kier molecular flexibility index (Phi) is 5.39. The molecule has 1 saturated heterocycles. The van der Waals surface area contributed by atoms with Crippen LogP contribution in [0, 0.1) is 0 Å². The van der Waals surface area contributed by atoms with Crippen molar-refractivity contribution in [2.45, 2.75) is 6.04 Å². The standard InChI is InChI=1S/C16H17ClN6O.ClH/c1-23-7-6-18-9-14(23)15-19-16(24-22-15)13-8-12(20-21-13)10-2-4-11(17)5-3-10;/h2-5,8,14,18H,6-7,9H2,1H3,(H,20,21);1H. The molecule has 0 radical (unpaired) electrons. The molecule has 9 heteroatoms. The highest BCUT2D eigenvalue weighted by Crippen LogP contribution is 2.25. The fourth-order valence-electron chi connectivity index (χ4n) is 2.77. The second-order valence-corrected chi connectivity index (χ2v) is 6.27. The van der Waals surface area contributed by atoms with Crippen LogP contribution in [0.3, 0.4) is 0 Å². The molecule has 1 fully saturated rings. The van der Waals surface area contributed by atoms with Crippen molar-refractivity contribution in [3.05, 3.63) is 41.2 Å². The predicted octanol–water partition coefficient (Wildman–Crippen LogP) is 2.78. The van der Waals surface area contributed by atoms with E-state index in [0.29, 0.717) is 22.4 Å². The number of benzene rings is 1. The normalized spacial score (nSPS) is 18.1. The SMILES string of the molecule is CN1CCNCC1c1noc(-c2cc(-c3ccc(Cl)cc3)n[nH]2)n1.Cl. The van der Waals surface area contributed by atoms with E-state index in [4.69, 9.17) is 16.1 Å². The maximum absolute atomic E-state index is 5.92. The molecule has 0 amide bonds. The van der Waals surface area contributed by atoms with E-state index in [1.807, 2.05) is 30.3 Å². The third-order valence-corrected chi connectivity index (χ3v) is 4.45. The van der Waals surface area contributed by atoms with E-state index in [2.05, 4.69) is 37.6 Å². The number of piperazine rings is 1. The number of rotatable bonds is 3. The van der Waals surface area contributed by atoms with Crippen LogP contribution in [0.4, 0.5) is 0 Å². The van der Waals surface area contributed by atoms with Crippen LogP contribution in [0.5, 0.6) is 0 Å². The van der Waals surface area contributed by atoms with Gasteiger partial charge in [0.1, 0.15) is 5.69 Å². The first-order valence-electron chi connectivity index (χ1n) is 7.77. The number of H-pyrrole nitrogens is 1. The molecule has 0 aliphatic carbocycles. The highest BCUT2D eigenvalue weighted by molar-refractivity contribution is 6.30. The van der Waals surface area contributed by atoms with Crippen molar-refractivity contribution >= 4 is 24.0 Å². The Bertz CT molecular complexity index is 831. The topological polar surface area (TPSA) is 82.9 Å². The number of aromatic amines is 1. The first-order chi connectivity index (χ1) is 11.7. The van der Waals surface area contributed by atoms with Gasteiger partial charge in [-0.1, -0.05) is 28.9 Å². The highest BCUT2D eigenvalue weighted by Gasteiger charge is 2.25. The summed E-state index contributed by atoms with van der Waals surface area (Å²) in [4.78, 5) is 6.74. The molecule has 0 bridgehead atoms. The summed E-state index contributed by atoms with van der Waals surface area (Å²) >= 11 is 5.92. The van der Waals surface area contributed by atoms with Gasteiger partial charge in [0.05, 0.1) is 11.7 Å². The number of nitrogens with one attached hydrogen (secondary N) is 2. The lowest BCUT2D eigenvalue weighted by atomic mass is 10.1. The molecule has 1 aliphatic heterocycles. The molecule has 3 heterocycles. The first-order valence-corrected chi connectivity index (χ1v) is 8.15. The summed E-state index contributed by atoms with van der Waals surface area (Å²) in [6.07, 6.45) is 0. The third-order valence-electron chi connectivity index (χ3n) is 4.20. The number of hydrogen-bond acceptors (Lipinski definition) is 6. The van der Waals surface area contributed by atoms with Crippen LogP contribution in [-0.4, -0.2) is 51.9 Å². The number of hydrogen-bond donors (Lipinski definition) is 2. The first kappa shape index (κ1) is 17.9. The van der Waals surface area contributed by atoms with Crippen LogP contribution in [0.25, 0.3) is 22.8 Å². The van der Waals surface area contributed by atoms with Gasteiger partial charge in [-0.05, 0) is 25.2 Å². The van der Waals surface area contributed by atoms with Crippen molar-refractivity contribution in [2.75, 3.05) is 26.7 Å². The molecule has 1 aliphatic rings. The summed E-state index contributed by atoms with van der Waals surface area (Å²) in [5.41, 5.74) is 2.47. The minimum absolute atomic E-state index is 0. The summed E-state index contributed by atoms with van der Waals surface area (Å²) in [5.74, 6) is 1.12. The van der Waals surface area contributed by atoms with E-state index >= 15 is 0 Å². The van der Waals surface area contributed by atoms with E-state index in [0.717, 1.165) is 30.9 Å². The molecule has 3 aromatic rings. The van der Waals surface area contributed by atoms with Gasteiger partial charge in [0.15, 0.2) is 5.82 Å². The Balaban J connectivity index is 0.00000182. The van der Waals surface area contributed by atoms with Gasteiger partial charge in [0.2, 0.25) is 0 Å². The third kappa shape index (κ3) is 3.69. The van der Waals surface area contributed by atoms with Crippen LogP contribution in [-0.2, 0) is 0 Å². The van der Waals surface area contributed by atoms with Crippen LogP contribution in [0.2, 0.25) is 5.02 Å². The minimum Gasteiger partial charge on any atom is -0.332 e. The Hall–Kier alpha value is -1.93. The Labute approximate surface area is 156 Å². The second kappa shape index (κ2) is 7.53. The number of halogens is 2. The zero-order valence-corrected chi connectivity index (χ0v) is 15.1. The van der Waals surface area contributed by atoms with Gasteiger partial charge < -0.3 is 9.84 Å². The number of likely N-dealkylation sites (N-methyl/N-ethyl adjacent to an activating group) is 1. The lowest BCUT2D eigenvalue weighted by Gasteiger charge is -2.30. The smallest absolute Gasteiger partial charge is 0.276 e. The molecule has 1 unspecified atom stereocenters. The van der Waals surface area contributed by atoms with Crippen molar-refractivity contribution in [2.24, 2.45) is 0 Å². The molecule has 0 spiro atoms. The quantitative estimate of drug-likeness (QED) is 0.726. The van der Waals surface area contributed by atoms with Gasteiger partial charge in [0.25, 0.3) is 5.89 Å². The van der Waals surface area contributed by atoms with Gasteiger partial charge >= 0.3 is 0 Å².